The summed E-state index contributed by atoms with van der Waals surface area (Å²) < 4.78 is 22.0. The molecule has 0 aromatic carbocycles. The lowest BCUT2D eigenvalue weighted by atomic mass is 9.69. The van der Waals surface area contributed by atoms with Crippen LogP contribution in [0.5, 0.6) is 0 Å². The Morgan fingerprint density at radius 3 is 2.29 bits per heavy atom. The molecule has 1 amide bonds. The summed E-state index contributed by atoms with van der Waals surface area (Å²) in [5.41, 5.74) is -0.426. The van der Waals surface area contributed by atoms with E-state index < -0.39 is 21.2 Å². The van der Waals surface area contributed by atoms with Crippen LogP contribution >= 0.6 is 0 Å². The van der Waals surface area contributed by atoms with E-state index in [1.807, 2.05) is 0 Å². The van der Waals surface area contributed by atoms with Crippen molar-refractivity contribution in [2.45, 2.75) is 51.4 Å². The van der Waals surface area contributed by atoms with E-state index in [1.54, 1.807) is 0 Å². The summed E-state index contributed by atoms with van der Waals surface area (Å²) in [4.78, 5) is 23.0. The molecule has 1 rings (SSSR count). The van der Waals surface area contributed by atoms with Gasteiger partial charge in [-0.1, -0.05) is 19.3 Å². The Balaban J connectivity index is 2.43. The van der Waals surface area contributed by atoms with Gasteiger partial charge in [0, 0.05) is 19.2 Å². The number of rotatable bonds is 8. The van der Waals surface area contributed by atoms with E-state index in [9.17, 15) is 18.0 Å². The normalized spacial score (nSPS) is 18.1. The van der Waals surface area contributed by atoms with Gasteiger partial charge in [0.1, 0.15) is 9.84 Å². The fourth-order valence-electron chi connectivity index (χ4n) is 3.00. The molecule has 122 valence electrons. The fourth-order valence-corrected chi connectivity index (χ4v) is 3.67. The van der Waals surface area contributed by atoms with Crippen LogP contribution in [0.3, 0.4) is 0 Å². The lowest BCUT2D eigenvalue weighted by Gasteiger charge is -2.35. The number of sulfone groups is 1. The summed E-state index contributed by atoms with van der Waals surface area (Å²) in [6.07, 6.45) is 6.38. The van der Waals surface area contributed by atoms with Crippen molar-refractivity contribution >= 4 is 21.7 Å². The molecule has 0 heterocycles. The average molecular weight is 319 g/mol. The summed E-state index contributed by atoms with van der Waals surface area (Å²) in [7, 11) is -3.01. The summed E-state index contributed by atoms with van der Waals surface area (Å²) >= 11 is 0. The molecular formula is C14H25NO5S. The van der Waals surface area contributed by atoms with Crippen LogP contribution in [-0.2, 0) is 19.4 Å². The molecule has 6 nitrogen and oxygen atoms in total. The summed E-state index contributed by atoms with van der Waals surface area (Å²) in [6, 6.07) is 0. The maximum Gasteiger partial charge on any atom is 0.303 e. The first kappa shape index (κ1) is 17.9. The Morgan fingerprint density at radius 1 is 1.14 bits per heavy atom. The van der Waals surface area contributed by atoms with Gasteiger partial charge >= 0.3 is 5.97 Å². The van der Waals surface area contributed by atoms with E-state index in [4.69, 9.17) is 5.11 Å². The SMILES string of the molecule is CS(=O)(=O)CCCNC(=O)CC1(CC(=O)O)CCCCC1. The zero-order valence-electron chi connectivity index (χ0n) is 12.6. The highest BCUT2D eigenvalue weighted by molar-refractivity contribution is 7.90. The number of aliphatic carboxylic acids is 1. The number of carbonyl (C=O) groups excluding carboxylic acids is 1. The Bertz CT molecular complexity index is 466. The highest BCUT2D eigenvalue weighted by atomic mass is 32.2. The summed E-state index contributed by atoms with van der Waals surface area (Å²) in [5.74, 6) is -0.985. The van der Waals surface area contributed by atoms with Crippen molar-refractivity contribution in [3.05, 3.63) is 0 Å². The maximum atomic E-state index is 12.0. The molecule has 21 heavy (non-hydrogen) atoms. The Morgan fingerprint density at radius 2 is 1.76 bits per heavy atom. The van der Waals surface area contributed by atoms with Crippen LogP contribution in [0.25, 0.3) is 0 Å². The van der Waals surface area contributed by atoms with E-state index in [1.165, 1.54) is 6.26 Å². The van der Waals surface area contributed by atoms with Crippen LogP contribution in [0, 0.1) is 5.41 Å². The number of hydrogen-bond acceptors (Lipinski definition) is 4. The van der Waals surface area contributed by atoms with Gasteiger partial charge in [0.25, 0.3) is 0 Å². The van der Waals surface area contributed by atoms with Crippen LogP contribution in [0.2, 0.25) is 0 Å². The Kier molecular flexibility index (Phi) is 6.64. The molecule has 1 aliphatic carbocycles. The lowest BCUT2D eigenvalue weighted by molar-refractivity contribution is -0.141. The molecule has 1 saturated carbocycles. The molecule has 0 aliphatic heterocycles. The van der Waals surface area contributed by atoms with Gasteiger partial charge in [0.2, 0.25) is 5.91 Å². The highest BCUT2D eigenvalue weighted by Gasteiger charge is 2.36. The minimum Gasteiger partial charge on any atom is -0.481 e. The van der Waals surface area contributed by atoms with Gasteiger partial charge in [0.05, 0.1) is 12.2 Å². The number of nitrogens with one attached hydrogen (secondary N) is 1. The molecule has 1 fully saturated rings. The van der Waals surface area contributed by atoms with Crippen molar-refractivity contribution in [1.82, 2.24) is 5.32 Å². The second kappa shape index (κ2) is 7.77. The van der Waals surface area contributed by atoms with E-state index in [2.05, 4.69) is 5.32 Å². The molecule has 0 aromatic heterocycles. The second-order valence-corrected chi connectivity index (χ2v) is 8.40. The molecule has 1 aliphatic rings. The van der Waals surface area contributed by atoms with Gasteiger partial charge in [-0.3, -0.25) is 9.59 Å². The Hall–Kier alpha value is -1.11. The molecule has 0 aromatic rings. The molecule has 0 spiro atoms. The molecule has 2 N–H and O–H groups in total. The van der Waals surface area contributed by atoms with Gasteiger partial charge in [-0.2, -0.15) is 0 Å². The predicted octanol–water partition coefficient (Wildman–Crippen LogP) is 1.35. The summed E-state index contributed by atoms with van der Waals surface area (Å²) in [5, 5.41) is 11.8. The van der Waals surface area contributed by atoms with E-state index in [-0.39, 0.29) is 24.5 Å². The van der Waals surface area contributed by atoms with Crippen LogP contribution in [0.1, 0.15) is 51.4 Å². The second-order valence-electron chi connectivity index (χ2n) is 6.14. The number of carboxylic acid groups (broad SMARTS) is 1. The third kappa shape index (κ3) is 7.45. The highest BCUT2D eigenvalue weighted by Crippen LogP contribution is 2.42. The van der Waals surface area contributed by atoms with E-state index >= 15 is 0 Å². The van der Waals surface area contributed by atoms with Crippen LogP contribution in [0.15, 0.2) is 0 Å². The smallest absolute Gasteiger partial charge is 0.303 e. The molecule has 0 unspecified atom stereocenters. The number of amides is 1. The molecule has 0 saturated heterocycles. The van der Waals surface area contributed by atoms with Gasteiger partial charge in [0.15, 0.2) is 0 Å². The van der Waals surface area contributed by atoms with Crippen molar-refractivity contribution < 1.29 is 23.1 Å². The van der Waals surface area contributed by atoms with E-state index in [0.717, 1.165) is 32.1 Å². The number of carbonyl (C=O) groups is 2. The van der Waals surface area contributed by atoms with Crippen molar-refractivity contribution in [2.75, 3.05) is 18.6 Å². The van der Waals surface area contributed by atoms with Gasteiger partial charge in [-0.05, 0) is 24.7 Å². The van der Waals surface area contributed by atoms with Crippen molar-refractivity contribution in [1.29, 1.82) is 0 Å². The maximum absolute atomic E-state index is 12.0. The molecule has 0 atom stereocenters. The van der Waals surface area contributed by atoms with Gasteiger partial charge in [-0.15, -0.1) is 0 Å². The van der Waals surface area contributed by atoms with Crippen molar-refractivity contribution in [2.24, 2.45) is 5.41 Å². The molecular weight excluding hydrogens is 294 g/mol. The quantitative estimate of drug-likeness (QED) is 0.658. The minimum absolute atomic E-state index is 0.0315. The average Bonchev–Trinajstić information content (AvgIpc) is 2.33. The van der Waals surface area contributed by atoms with Crippen molar-refractivity contribution in [3.8, 4) is 0 Å². The zero-order valence-corrected chi connectivity index (χ0v) is 13.4. The monoisotopic (exact) mass is 319 g/mol. The first-order valence-corrected chi connectivity index (χ1v) is 9.45. The number of carboxylic acids is 1. The molecule has 0 radical (unpaired) electrons. The summed E-state index contributed by atoms with van der Waals surface area (Å²) in [6.45, 7) is 0.315. The first-order valence-electron chi connectivity index (χ1n) is 7.39. The standard InChI is InChI=1S/C14H25NO5S/c1-21(19,20)9-5-8-15-12(16)10-14(11-13(17)18)6-3-2-4-7-14/h2-11H2,1H3,(H,15,16)(H,17,18). The van der Waals surface area contributed by atoms with Crippen LogP contribution in [-0.4, -0.2) is 44.0 Å². The largest absolute Gasteiger partial charge is 0.481 e. The topological polar surface area (TPSA) is 101 Å². The van der Waals surface area contributed by atoms with Gasteiger partial charge in [-0.25, -0.2) is 8.42 Å². The number of hydrogen-bond donors (Lipinski definition) is 2. The lowest BCUT2D eigenvalue weighted by Crippen LogP contribution is -2.35. The van der Waals surface area contributed by atoms with Crippen molar-refractivity contribution in [3.63, 3.8) is 0 Å². The minimum atomic E-state index is -3.01. The predicted molar refractivity (Wildman–Crippen MR) is 79.7 cm³/mol. The first-order chi connectivity index (χ1) is 9.72. The van der Waals surface area contributed by atoms with Gasteiger partial charge < -0.3 is 10.4 Å². The third-order valence-electron chi connectivity index (χ3n) is 3.99. The van der Waals surface area contributed by atoms with Crippen LogP contribution < -0.4 is 5.32 Å². The fraction of sp³-hybridized carbons (Fsp3) is 0.857. The molecule has 7 heteroatoms. The zero-order chi connectivity index (χ0) is 15.9. The Labute approximate surface area is 126 Å². The molecule has 0 bridgehead atoms. The van der Waals surface area contributed by atoms with Crippen LogP contribution in [0.4, 0.5) is 0 Å². The van der Waals surface area contributed by atoms with E-state index in [0.29, 0.717) is 13.0 Å². The third-order valence-corrected chi connectivity index (χ3v) is 5.02.